The van der Waals surface area contributed by atoms with Crippen LogP contribution in [0.25, 0.3) is 0 Å². The second-order valence-electron chi connectivity index (χ2n) is 26.8. The number of allylic oxidation sites excluding steroid dienone is 8. The average molecular weight is 1280 g/mol. The number of aliphatic hydroxyl groups is 8. The van der Waals surface area contributed by atoms with E-state index in [-0.39, 0.29) is 12.5 Å². The van der Waals surface area contributed by atoms with E-state index in [1.165, 1.54) is 231 Å². The van der Waals surface area contributed by atoms with Gasteiger partial charge in [0.1, 0.15) is 48.8 Å². The molecule has 90 heavy (non-hydrogen) atoms. The molecular weight excluding hydrogens is 1130 g/mol. The van der Waals surface area contributed by atoms with Gasteiger partial charge in [-0.2, -0.15) is 0 Å². The summed E-state index contributed by atoms with van der Waals surface area (Å²) in [7, 11) is 0. The molecule has 0 spiro atoms. The van der Waals surface area contributed by atoms with Crippen molar-refractivity contribution in [3.63, 3.8) is 0 Å². The SMILES string of the molecule is CC/C=C\C/C=C\C/C=C\C/C=C\CCCCCCCCCCCCCCCCCCCCCCCCCCC(=O)NC(COC1OC(CO)C(OC2OC(CO)C(O)C(O)C2O)C(O)C1O)C(O)CCCCCCCCCCCCCCCCCCCCC. The standard InChI is InChI=1S/C76H141NO13/c1-3-5-7-9-11-13-15-17-19-21-23-24-25-26-27-28-29-30-31-32-33-34-35-36-37-38-39-40-42-44-46-48-50-52-54-56-58-60-68(81)77-64(65(80)59-57-55-53-51-49-47-45-43-41-22-20-18-16-14-12-10-8-6-4-2)63-87-75-73(86)71(84)74(67(62-79)89-75)90-76-72(85)70(83)69(82)66(61-78)88-76/h5,7,11,13,17,19,23-24,64-67,69-76,78-80,82-86H,3-4,6,8-10,12,14-16,18,20-22,25-63H2,1-2H3,(H,77,81)/b7-5-,13-11-,19-17-,24-23-. The zero-order valence-electron chi connectivity index (χ0n) is 57.6. The Morgan fingerprint density at radius 2 is 0.767 bits per heavy atom. The van der Waals surface area contributed by atoms with Crippen molar-refractivity contribution in [3.8, 4) is 0 Å². The minimum atomic E-state index is -1.78. The van der Waals surface area contributed by atoms with E-state index in [0.29, 0.717) is 12.8 Å². The van der Waals surface area contributed by atoms with Gasteiger partial charge in [-0.25, -0.2) is 0 Å². The molecule has 0 aliphatic carbocycles. The van der Waals surface area contributed by atoms with Gasteiger partial charge in [-0.05, 0) is 51.4 Å². The summed E-state index contributed by atoms with van der Waals surface area (Å²) in [6.45, 7) is 2.80. The van der Waals surface area contributed by atoms with Crippen molar-refractivity contribution in [2.75, 3.05) is 19.8 Å². The maximum absolute atomic E-state index is 13.4. The summed E-state index contributed by atoms with van der Waals surface area (Å²) < 4.78 is 22.9. The van der Waals surface area contributed by atoms with Gasteiger partial charge < -0.3 is 65.1 Å². The first-order valence-electron chi connectivity index (χ1n) is 37.9. The fourth-order valence-electron chi connectivity index (χ4n) is 12.6. The molecule has 0 radical (unpaired) electrons. The van der Waals surface area contributed by atoms with Gasteiger partial charge in [0.25, 0.3) is 0 Å². The maximum atomic E-state index is 13.4. The first-order valence-corrected chi connectivity index (χ1v) is 37.9. The highest BCUT2D eigenvalue weighted by Crippen LogP contribution is 2.30. The van der Waals surface area contributed by atoms with Crippen LogP contribution in [0.15, 0.2) is 48.6 Å². The van der Waals surface area contributed by atoms with E-state index in [9.17, 15) is 45.6 Å². The third-order valence-electron chi connectivity index (χ3n) is 18.6. The molecule has 1 amide bonds. The van der Waals surface area contributed by atoms with Crippen LogP contribution in [0, 0.1) is 0 Å². The summed E-state index contributed by atoms with van der Waals surface area (Å²) in [4.78, 5) is 13.4. The number of unbranched alkanes of at least 4 members (excludes halogenated alkanes) is 42. The number of nitrogens with one attached hydrogen (secondary N) is 1. The van der Waals surface area contributed by atoms with Crippen LogP contribution in [-0.2, 0) is 23.7 Å². The zero-order chi connectivity index (χ0) is 65.2. The molecule has 0 aromatic carbocycles. The van der Waals surface area contributed by atoms with E-state index in [2.05, 4.69) is 67.8 Å². The molecule has 2 fully saturated rings. The van der Waals surface area contributed by atoms with Crippen LogP contribution in [0.1, 0.15) is 335 Å². The smallest absolute Gasteiger partial charge is 0.220 e. The Kier molecular flexibility index (Phi) is 56.6. The molecule has 2 saturated heterocycles. The molecule has 14 nitrogen and oxygen atoms in total. The number of aliphatic hydroxyl groups excluding tert-OH is 8. The molecule has 2 aliphatic rings. The van der Waals surface area contributed by atoms with E-state index in [4.69, 9.17) is 18.9 Å². The van der Waals surface area contributed by atoms with E-state index in [1.54, 1.807) is 0 Å². The van der Waals surface area contributed by atoms with Crippen LogP contribution in [0.2, 0.25) is 0 Å². The van der Waals surface area contributed by atoms with Gasteiger partial charge in [-0.15, -0.1) is 0 Å². The topological polar surface area (TPSA) is 228 Å². The number of hydrogen-bond acceptors (Lipinski definition) is 13. The summed E-state index contributed by atoms with van der Waals surface area (Å²) in [5.41, 5.74) is 0. The van der Waals surface area contributed by atoms with Crippen molar-refractivity contribution < 1.29 is 64.6 Å². The van der Waals surface area contributed by atoms with Gasteiger partial charge in [0.15, 0.2) is 12.6 Å². The van der Waals surface area contributed by atoms with Gasteiger partial charge in [0.05, 0.1) is 32.0 Å². The second kappa shape index (κ2) is 60.6. The van der Waals surface area contributed by atoms with Crippen molar-refractivity contribution in [3.05, 3.63) is 48.6 Å². The highest BCUT2D eigenvalue weighted by molar-refractivity contribution is 5.76. The summed E-state index contributed by atoms with van der Waals surface area (Å²) in [5, 5.41) is 87.7. The van der Waals surface area contributed by atoms with Crippen molar-refractivity contribution in [1.82, 2.24) is 5.32 Å². The predicted octanol–water partition coefficient (Wildman–Crippen LogP) is 16.2. The third-order valence-corrected chi connectivity index (χ3v) is 18.6. The monoisotopic (exact) mass is 1280 g/mol. The largest absolute Gasteiger partial charge is 0.394 e. The molecule has 0 saturated carbocycles. The van der Waals surface area contributed by atoms with Crippen molar-refractivity contribution in [1.29, 1.82) is 0 Å². The first kappa shape index (κ1) is 84.0. The molecular formula is C76H141NO13. The molecule has 0 bridgehead atoms. The third kappa shape index (κ3) is 43.8. The zero-order valence-corrected chi connectivity index (χ0v) is 57.6. The quantitative estimate of drug-likeness (QED) is 0.0204. The fourth-order valence-corrected chi connectivity index (χ4v) is 12.6. The molecule has 14 heteroatoms. The van der Waals surface area contributed by atoms with Crippen LogP contribution in [-0.4, -0.2) is 140 Å². The van der Waals surface area contributed by atoms with Crippen LogP contribution >= 0.6 is 0 Å². The summed E-state index contributed by atoms with van der Waals surface area (Å²) >= 11 is 0. The molecule has 2 rings (SSSR count). The maximum Gasteiger partial charge on any atom is 0.220 e. The summed E-state index contributed by atoms with van der Waals surface area (Å²) in [5.74, 6) is -0.200. The number of carbonyl (C=O) groups excluding carboxylic acids is 1. The number of carbonyl (C=O) groups is 1. The fraction of sp³-hybridized carbons (Fsp3) is 0.882. The Labute approximate surface area is 550 Å². The lowest BCUT2D eigenvalue weighted by molar-refractivity contribution is -0.359. The Bertz CT molecular complexity index is 1690. The van der Waals surface area contributed by atoms with E-state index in [0.717, 1.165) is 77.0 Å². The minimum Gasteiger partial charge on any atom is -0.394 e. The highest BCUT2D eigenvalue weighted by Gasteiger charge is 2.51. The highest BCUT2D eigenvalue weighted by atomic mass is 16.7. The Balaban J connectivity index is 1.58. The van der Waals surface area contributed by atoms with Crippen molar-refractivity contribution in [2.24, 2.45) is 0 Å². The normalized spacial score (nSPS) is 23.1. The number of ether oxygens (including phenoxy) is 4. The molecule has 12 unspecified atom stereocenters. The average Bonchev–Trinajstić information content (AvgIpc) is 1.58. The second-order valence-corrected chi connectivity index (χ2v) is 26.8. The molecule has 12 atom stereocenters. The van der Waals surface area contributed by atoms with Crippen molar-refractivity contribution >= 4 is 5.91 Å². The molecule has 0 aromatic heterocycles. The lowest BCUT2D eigenvalue weighted by Gasteiger charge is -2.46. The number of amides is 1. The molecule has 2 aliphatic heterocycles. The lowest BCUT2D eigenvalue weighted by atomic mass is 9.97. The molecule has 9 N–H and O–H groups in total. The van der Waals surface area contributed by atoms with Gasteiger partial charge in [0, 0.05) is 6.42 Å². The lowest BCUT2D eigenvalue weighted by Crippen LogP contribution is -2.65. The van der Waals surface area contributed by atoms with Gasteiger partial charge in [-0.1, -0.05) is 326 Å². The van der Waals surface area contributed by atoms with Crippen LogP contribution in [0.4, 0.5) is 0 Å². The molecule has 528 valence electrons. The first-order chi connectivity index (χ1) is 44.1. The predicted molar refractivity (Wildman–Crippen MR) is 369 cm³/mol. The van der Waals surface area contributed by atoms with Gasteiger partial charge in [-0.3, -0.25) is 4.79 Å². The number of hydrogen-bond donors (Lipinski definition) is 9. The summed E-state index contributed by atoms with van der Waals surface area (Å²) in [6, 6.07) is -0.828. The summed E-state index contributed by atoms with van der Waals surface area (Å²) in [6.07, 6.45) is 62.9. The van der Waals surface area contributed by atoms with E-state index < -0.39 is 86.8 Å². The van der Waals surface area contributed by atoms with Gasteiger partial charge in [0.2, 0.25) is 5.91 Å². The van der Waals surface area contributed by atoms with Crippen LogP contribution in [0.3, 0.4) is 0 Å². The Hall–Kier alpha value is -2.05. The van der Waals surface area contributed by atoms with Crippen LogP contribution < -0.4 is 5.32 Å². The molecule has 2 heterocycles. The Morgan fingerprint density at radius 3 is 1.18 bits per heavy atom. The van der Waals surface area contributed by atoms with Gasteiger partial charge >= 0.3 is 0 Å². The van der Waals surface area contributed by atoms with E-state index >= 15 is 0 Å². The van der Waals surface area contributed by atoms with Crippen LogP contribution in [0.5, 0.6) is 0 Å². The Morgan fingerprint density at radius 1 is 0.411 bits per heavy atom. The minimum absolute atomic E-state index is 0.200. The van der Waals surface area contributed by atoms with Crippen molar-refractivity contribution in [2.45, 2.75) is 408 Å². The number of rotatable bonds is 63. The molecule has 0 aromatic rings. The van der Waals surface area contributed by atoms with E-state index in [1.807, 2.05) is 0 Å².